The third kappa shape index (κ3) is 5.30. The van der Waals surface area contributed by atoms with E-state index < -0.39 is 30.1 Å². The van der Waals surface area contributed by atoms with Gasteiger partial charge in [0.1, 0.15) is 5.60 Å². The van der Waals surface area contributed by atoms with E-state index in [4.69, 9.17) is 4.74 Å². The highest BCUT2D eigenvalue weighted by atomic mass is 19.4. The molecule has 1 aromatic rings. The van der Waals surface area contributed by atoms with Gasteiger partial charge in [-0.2, -0.15) is 0 Å². The molecule has 22 heavy (non-hydrogen) atoms. The van der Waals surface area contributed by atoms with E-state index in [1.54, 1.807) is 20.8 Å². The summed E-state index contributed by atoms with van der Waals surface area (Å²) in [5.74, 6) is -0.936. The lowest BCUT2D eigenvalue weighted by molar-refractivity contribution is 0.0596. The zero-order valence-electron chi connectivity index (χ0n) is 12.6. The van der Waals surface area contributed by atoms with E-state index in [2.05, 4.69) is 10.1 Å². The summed E-state index contributed by atoms with van der Waals surface area (Å²) in [6.45, 7) is -0.500. The number of esters is 1. The van der Waals surface area contributed by atoms with Crippen LogP contribution in [0.3, 0.4) is 0 Å². The van der Waals surface area contributed by atoms with Gasteiger partial charge in [-0.3, -0.25) is 5.32 Å². The van der Waals surface area contributed by atoms with E-state index in [0.717, 1.165) is 19.2 Å². The van der Waals surface area contributed by atoms with Gasteiger partial charge < -0.3 is 22.4 Å². The summed E-state index contributed by atoms with van der Waals surface area (Å²) in [6.07, 6.45) is -0.921. The smallest absolute Gasteiger partial charge is 0.465 e. The van der Waals surface area contributed by atoms with E-state index in [9.17, 15) is 22.5 Å². The molecule has 0 heterocycles. The van der Waals surface area contributed by atoms with Crippen LogP contribution in [0.2, 0.25) is 0 Å². The zero-order chi connectivity index (χ0) is 17.1. The van der Waals surface area contributed by atoms with Crippen molar-refractivity contribution in [3.63, 3.8) is 0 Å². The Labute approximate surface area is 125 Å². The molecule has 0 saturated heterocycles. The topological polar surface area (TPSA) is 64.6 Å². The van der Waals surface area contributed by atoms with Crippen molar-refractivity contribution in [2.45, 2.75) is 26.4 Å². The van der Waals surface area contributed by atoms with Gasteiger partial charge in [0, 0.05) is 5.69 Å². The van der Waals surface area contributed by atoms with Gasteiger partial charge in [-0.25, -0.2) is 9.59 Å². The van der Waals surface area contributed by atoms with E-state index in [1.807, 2.05) is 0 Å². The van der Waals surface area contributed by atoms with Crippen LogP contribution in [0.5, 0.6) is 0 Å². The van der Waals surface area contributed by atoms with Crippen LogP contribution >= 0.6 is 0 Å². The molecular weight excluding hydrogens is 302 g/mol. The number of amides is 1. The maximum Gasteiger partial charge on any atom is 0.509 e. The van der Waals surface area contributed by atoms with Gasteiger partial charge in [0.15, 0.2) is 0 Å². The Morgan fingerprint density at radius 1 is 1.14 bits per heavy atom. The largest absolute Gasteiger partial charge is 0.509 e. The first-order valence-electron chi connectivity index (χ1n) is 6.35. The van der Waals surface area contributed by atoms with Gasteiger partial charge in [-0.15, -0.1) is 5.46 Å². The predicted octanol–water partition coefficient (Wildman–Crippen LogP) is 2.87. The van der Waals surface area contributed by atoms with Crippen LogP contribution in [0.4, 0.5) is 23.4 Å². The van der Waals surface area contributed by atoms with Gasteiger partial charge in [0.05, 0.1) is 12.7 Å². The van der Waals surface area contributed by atoms with Crippen LogP contribution in [0.1, 0.15) is 31.1 Å². The highest BCUT2D eigenvalue weighted by molar-refractivity contribution is 6.73. The molecule has 0 unspecified atom stereocenters. The number of carbonyl (C=O) groups excluding carboxylic acids is 2. The van der Waals surface area contributed by atoms with E-state index in [-0.39, 0.29) is 11.3 Å². The molecule has 0 atom stereocenters. The fourth-order valence-corrected chi connectivity index (χ4v) is 1.57. The van der Waals surface area contributed by atoms with Crippen LogP contribution < -0.4 is 10.8 Å². The van der Waals surface area contributed by atoms with Crippen molar-refractivity contribution >= 4 is 30.2 Å². The number of hydrogen-bond acceptors (Lipinski definition) is 4. The Balaban J connectivity index is 3.13. The third-order valence-corrected chi connectivity index (χ3v) is 2.40. The van der Waals surface area contributed by atoms with Crippen molar-refractivity contribution in [2.75, 3.05) is 12.4 Å². The summed E-state index contributed by atoms with van der Waals surface area (Å²) in [5, 5.41) is 2.17. The fraction of sp³-hybridized carbons (Fsp3) is 0.385. The molecule has 0 aliphatic heterocycles. The maximum absolute atomic E-state index is 12.9. The molecular formula is C13H16BF3NO4-. The molecule has 1 aromatic carbocycles. The van der Waals surface area contributed by atoms with E-state index in [0.29, 0.717) is 6.07 Å². The van der Waals surface area contributed by atoms with Gasteiger partial charge in [0.25, 0.3) is 0 Å². The number of hydrogen-bond donors (Lipinski definition) is 1. The summed E-state index contributed by atoms with van der Waals surface area (Å²) < 4.78 is 48.0. The van der Waals surface area contributed by atoms with Crippen LogP contribution in [0.25, 0.3) is 0 Å². The van der Waals surface area contributed by atoms with Crippen molar-refractivity contribution in [3.05, 3.63) is 23.8 Å². The average Bonchev–Trinajstić information content (AvgIpc) is 2.33. The maximum atomic E-state index is 12.9. The third-order valence-electron chi connectivity index (χ3n) is 2.40. The van der Waals surface area contributed by atoms with Gasteiger partial charge >= 0.3 is 19.0 Å². The normalized spacial score (nSPS) is 11.8. The van der Waals surface area contributed by atoms with Crippen molar-refractivity contribution in [1.29, 1.82) is 0 Å². The van der Waals surface area contributed by atoms with Crippen molar-refractivity contribution in [1.82, 2.24) is 0 Å². The number of ether oxygens (including phenoxy) is 2. The van der Waals surface area contributed by atoms with Gasteiger partial charge in [-0.05, 0) is 26.8 Å². The van der Waals surface area contributed by atoms with E-state index >= 15 is 0 Å². The first-order valence-corrected chi connectivity index (χ1v) is 6.35. The number of benzene rings is 1. The lowest BCUT2D eigenvalue weighted by atomic mass is 9.79. The molecule has 0 radical (unpaired) electrons. The molecule has 1 amide bonds. The predicted molar refractivity (Wildman–Crippen MR) is 76.4 cm³/mol. The van der Waals surface area contributed by atoms with Crippen molar-refractivity contribution < 1.29 is 32.0 Å². The molecule has 1 N–H and O–H groups in total. The SMILES string of the molecule is COC(=O)c1cc(NC(=O)OC(C)(C)C)cc([B-](F)(F)F)c1. The summed E-state index contributed by atoms with van der Waals surface area (Å²) in [6, 6.07) is 2.49. The number of anilines is 1. The number of rotatable bonds is 3. The highest BCUT2D eigenvalue weighted by Gasteiger charge is 2.27. The minimum absolute atomic E-state index is 0.202. The van der Waals surface area contributed by atoms with Crippen molar-refractivity contribution in [2.24, 2.45) is 0 Å². The van der Waals surface area contributed by atoms with Crippen LogP contribution in [-0.4, -0.2) is 31.8 Å². The molecule has 9 heteroatoms. The number of methoxy groups -OCH3 is 1. The molecule has 122 valence electrons. The molecule has 5 nitrogen and oxygen atoms in total. The van der Waals surface area contributed by atoms with Crippen molar-refractivity contribution in [3.8, 4) is 0 Å². The summed E-state index contributed by atoms with van der Waals surface area (Å²) >= 11 is 0. The molecule has 0 aliphatic carbocycles. The van der Waals surface area contributed by atoms with Crippen LogP contribution in [0, 0.1) is 0 Å². The number of nitrogens with one attached hydrogen (secondary N) is 1. The van der Waals surface area contributed by atoms with E-state index in [1.165, 1.54) is 0 Å². The monoisotopic (exact) mass is 318 g/mol. The molecule has 0 bridgehead atoms. The Morgan fingerprint density at radius 3 is 2.18 bits per heavy atom. The second-order valence-corrected chi connectivity index (χ2v) is 5.54. The Bertz CT molecular complexity index is 582. The van der Waals surface area contributed by atoms with Crippen LogP contribution in [0.15, 0.2) is 18.2 Å². The number of carbonyl (C=O) groups is 2. The molecule has 1 rings (SSSR count). The summed E-state index contributed by atoms with van der Waals surface area (Å²) in [5.41, 5.74) is -2.34. The first kappa shape index (κ1) is 17.9. The Kier molecular flexibility index (Phi) is 5.11. The second kappa shape index (κ2) is 6.29. The summed E-state index contributed by atoms with van der Waals surface area (Å²) in [4.78, 5) is 23.0. The minimum Gasteiger partial charge on any atom is -0.465 e. The zero-order valence-corrected chi connectivity index (χ0v) is 12.6. The second-order valence-electron chi connectivity index (χ2n) is 5.54. The lowest BCUT2D eigenvalue weighted by Crippen LogP contribution is -2.35. The Hall–Kier alpha value is -2.19. The molecule has 0 aromatic heterocycles. The minimum atomic E-state index is -5.34. The highest BCUT2D eigenvalue weighted by Crippen LogP contribution is 2.17. The Morgan fingerprint density at radius 2 is 1.73 bits per heavy atom. The lowest BCUT2D eigenvalue weighted by Gasteiger charge is -2.21. The molecule has 0 spiro atoms. The quantitative estimate of drug-likeness (QED) is 0.687. The van der Waals surface area contributed by atoms with Gasteiger partial charge in [0.2, 0.25) is 0 Å². The number of halogens is 3. The average molecular weight is 318 g/mol. The standard InChI is InChI=1S/C13H16BF3NO4/c1-13(2,3)22-12(20)18-10-6-8(11(19)21-4)5-9(7-10)14(15,16)17/h5-7H,1-4H3,(H,18,20)/q-1. The molecule has 0 aliphatic rings. The molecule has 0 fully saturated rings. The summed E-state index contributed by atoms with van der Waals surface area (Å²) in [7, 11) is 1.05. The fourth-order valence-electron chi connectivity index (χ4n) is 1.57. The molecule has 0 saturated carbocycles. The first-order chi connectivity index (χ1) is 9.92. The van der Waals surface area contributed by atoms with Gasteiger partial charge in [-0.1, -0.05) is 12.1 Å². The van der Waals surface area contributed by atoms with Crippen LogP contribution in [-0.2, 0) is 9.47 Å².